The molecule has 0 bridgehead atoms. The highest BCUT2D eigenvalue weighted by Crippen LogP contribution is 2.25. The third-order valence-electron chi connectivity index (χ3n) is 5.20. The zero-order valence-corrected chi connectivity index (χ0v) is 18.3. The van der Waals surface area contributed by atoms with Crippen molar-refractivity contribution in [3.63, 3.8) is 0 Å². The van der Waals surface area contributed by atoms with E-state index in [0.717, 1.165) is 5.56 Å². The van der Waals surface area contributed by atoms with Crippen LogP contribution in [0.2, 0.25) is 5.02 Å². The minimum atomic E-state index is -0.747. The predicted molar refractivity (Wildman–Crippen MR) is 117 cm³/mol. The van der Waals surface area contributed by atoms with E-state index in [-0.39, 0.29) is 18.3 Å². The average molecular weight is 451 g/mol. The number of ether oxygens (including phenoxy) is 2. The van der Waals surface area contributed by atoms with Gasteiger partial charge < -0.3 is 14.6 Å². The fourth-order valence-electron chi connectivity index (χ4n) is 3.66. The molecule has 1 heterocycles. The first kappa shape index (κ1) is 23.5. The largest absolute Gasteiger partial charge is 0.488 e. The number of rotatable bonds is 9. The molecule has 0 radical (unpaired) electrons. The smallest absolute Gasteiger partial charge is 0.328 e. The lowest BCUT2D eigenvalue weighted by Crippen LogP contribution is -2.51. The highest BCUT2D eigenvalue weighted by atomic mass is 35.5. The summed E-state index contributed by atoms with van der Waals surface area (Å²) in [7, 11) is 0. The first-order valence-electron chi connectivity index (χ1n) is 10.4. The molecule has 1 N–H and O–H groups in total. The van der Waals surface area contributed by atoms with E-state index >= 15 is 0 Å². The maximum absolute atomic E-state index is 13.6. The third-order valence-corrected chi connectivity index (χ3v) is 5.46. The molecule has 1 aliphatic heterocycles. The number of aliphatic hydroxyl groups is 1. The van der Waals surface area contributed by atoms with Crippen LogP contribution in [0, 0.1) is 5.82 Å². The van der Waals surface area contributed by atoms with Crippen LogP contribution >= 0.6 is 11.6 Å². The molecule has 2 aromatic carbocycles. The SMILES string of the molecule is CCOC(=O)[C@H](c1ccc(Cl)cc1)N1CCN(C[C@@H](O)COc2ccccc2F)CC1. The van der Waals surface area contributed by atoms with Crippen LogP contribution in [0.25, 0.3) is 0 Å². The normalized spacial score (nSPS) is 17.2. The molecule has 0 saturated carbocycles. The van der Waals surface area contributed by atoms with Crippen LogP contribution in [0.1, 0.15) is 18.5 Å². The zero-order chi connectivity index (χ0) is 22.2. The van der Waals surface area contributed by atoms with Crippen molar-refractivity contribution in [2.45, 2.75) is 19.1 Å². The molecular formula is C23H28ClFN2O4. The minimum Gasteiger partial charge on any atom is -0.488 e. The number of hydrogen-bond acceptors (Lipinski definition) is 6. The number of β-amino-alcohol motifs (C(OH)–C–C–N with tert-alkyl or cyclic N) is 1. The van der Waals surface area contributed by atoms with E-state index in [0.29, 0.717) is 44.4 Å². The lowest BCUT2D eigenvalue weighted by Gasteiger charge is -2.39. The summed E-state index contributed by atoms with van der Waals surface area (Å²) in [6.45, 7) is 5.18. The van der Waals surface area contributed by atoms with E-state index in [1.54, 1.807) is 31.2 Å². The van der Waals surface area contributed by atoms with Gasteiger partial charge in [-0.05, 0) is 36.8 Å². The molecule has 1 aliphatic rings. The molecule has 2 aromatic rings. The number of piperazine rings is 1. The minimum absolute atomic E-state index is 0.0113. The number of carbonyl (C=O) groups is 1. The summed E-state index contributed by atoms with van der Waals surface area (Å²) in [5.74, 6) is -0.598. The van der Waals surface area contributed by atoms with Crippen molar-refractivity contribution in [1.82, 2.24) is 9.80 Å². The van der Waals surface area contributed by atoms with Crippen LogP contribution in [0.15, 0.2) is 48.5 Å². The lowest BCUT2D eigenvalue weighted by atomic mass is 10.0. The topological polar surface area (TPSA) is 62.2 Å². The molecule has 1 saturated heterocycles. The van der Waals surface area contributed by atoms with Crippen molar-refractivity contribution < 1.29 is 23.8 Å². The highest BCUT2D eigenvalue weighted by molar-refractivity contribution is 6.30. The number of carbonyl (C=O) groups excluding carboxylic acids is 1. The number of para-hydroxylation sites is 1. The van der Waals surface area contributed by atoms with E-state index in [2.05, 4.69) is 9.80 Å². The Hall–Kier alpha value is -2.19. The monoisotopic (exact) mass is 450 g/mol. The summed E-state index contributed by atoms with van der Waals surface area (Å²) >= 11 is 5.99. The maximum atomic E-state index is 13.6. The van der Waals surface area contributed by atoms with Gasteiger partial charge in [-0.25, -0.2) is 9.18 Å². The van der Waals surface area contributed by atoms with Crippen LogP contribution < -0.4 is 4.74 Å². The Morgan fingerprint density at radius 1 is 1.13 bits per heavy atom. The van der Waals surface area contributed by atoms with Crippen molar-refractivity contribution in [3.05, 3.63) is 64.9 Å². The second kappa shape index (κ2) is 11.4. The van der Waals surface area contributed by atoms with Gasteiger partial charge >= 0.3 is 5.97 Å². The van der Waals surface area contributed by atoms with Gasteiger partial charge in [-0.2, -0.15) is 0 Å². The molecular weight excluding hydrogens is 423 g/mol. The first-order valence-corrected chi connectivity index (χ1v) is 10.8. The number of benzene rings is 2. The summed E-state index contributed by atoms with van der Waals surface area (Å²) in [6.07, 6.45) is -0.747. The number of halogens is 2. The van der Waals surface area contributed by atoms with E-state index in [1.165, 1.54) is 12.1 Å². The molecule has 0 spiro atoms. The predicted octanol–water partition coefficient (Wildman–Crippen LogP) is 3.14. The van der Waals surface area contributed by atoms with Crippen molar-refractivity contribution in [2.75, 3.05) is 45.9 Å². The summed E-state index contributed by atoms with van der Waals surface area (Å²) < 4.78 is 24.3. The van der Waals surface area contributed by atoms with Gasteiger partial charge in [-0.3, -0.25) is 9.80 Å². The van der Waals surface area contributed by atoms with Gasteiger partial charge in [0.25, 0.3) is 0 Å². The molecule has 6 nitrogen and oxygen atoms in total. The standard InChI is InChI=1S/C23H28ClFN2O4/c1-2-30-23(29)22(17-7-9-18(24)10-8-17)27-13-11-26(12-14-27)15-19(28)16-31-21-6-4-3-5-20(21)25/h3-10,19,22,28H,2,11-16H2,1H3/t19-,22+/m1/s1. The van der Waals surface area contributed by atoms with Crippen LogP contribution in [-0.2, 0) is 9.53 Å². The summed E-state index contributed by atoms with van der Waals surface area (Å²) in [6, 6.07) is 12.9. The van der Waals surface area contributed by atoms with Crippen LogP contribution in [-0.4, -0.2) is 72.9 Å². The van der Waals surface area contributed by atoms with Crippen molar-refractivity contribution in [1.29, 1.82) is 0 Å². The van der Waals surface area contributed by atoms with E-state index < -0.39 is 18.0 Å². The van der Waals surface area contributed by atoms with E-state index in [9.17, 15) is 14.3 Å². The molecule has 3 rings (SSSR count). The molecule has 2 atom stereocenters. The maximum Gasteiger partial charge on any atom is 0.328 e. The molecule has 0 aromatic heterocycles. The molecule has 0 unspecified atom stereocenters. The van der Waals surface area contributed by atoms with Gasteiger partial charge in [0.2, 0.25) is 0 Å². The Balaban J connectivity index is 1.53. The lowest BCUT2D eigenvalue weighted by molar-refractivity contribution is -0.150. The summed E-state index contributed by atoms with van der Waals surface area (Å²) in [4.78, 5) is 16.8. The van der Waals surface area contributed by atoms with Gasteiger partial charge in [-0.15, -0.1) is 0 Å². The zero-order valence-electron chi connectivity index (χ0n) is 17.5. The number of esters is 1. The Labute approximate surface area is 187 Å². The summed E-state index contributed by atoms with van der Waals surface area (Å²) in [5.41, 5.74) is 0.842. The fourth-order valence-corrected chi connectivity index (χ4v) is 3.79. The highest BCUT2D eigenvalue weighted by Gasteiger charge is 2.32. The molecule has 0 aliphatic carbocycles. The van der Waals surface area contributed by atoms with E-state index in [1.807, 2.05) is 12.1 Å². The molecule has 0 amide bonds. The second-order valence-electron chi connectivity index (χ2n) is 7.44. The number of hydrogen-bond donors (Lipinski definition) is 1. The summed E-state index contributed by atoms with van der Waals surface area (Å²) in [5, 5.41) is 10.9. The van der Waals surface area contributed by atoms with E-state index in [4.69, 9.17) is 21.1 Å². The van der Waals surface area contributed by atoms with Gasteiger partial charge in [0.1, 0.15) is 18.8 Å². The van der Waals surface area contributed by atoms with Crippen LogP contribution in [0.5, 0.6) is 5.75 Å². The first-order chi connectivity index (χ1) is 15.0. The number of nitrogens with zero attached hydrogens (tertiary/aromatic N) is 2. The second-order valence-corrected chi connectivity index (χ2v) is 7.87. The van der Waals surface area contributed by atoms with Gasteiger partial charge in [0, 0.05) is 37.7 Å². The molecule has 1 fully saturated rings. The Morgan fingerprint density at radius 3 is 2.45 bits per heavy atom. The van der Waals surface area contributed by atoms with Crippen LogP contribution in [0.4, 0.5) is 4.39 Å². The van der Waals surface area contributed by atoms with Crippen molar-refractivity contribution in [2.24, 2.45) is 0 Å². The van der Waals surface area contributed by atoms with Crippen molar-refractivity contribution in [3.8, 4) is 5.75 Å². The average Bonchev–Trinajstić information content (AvgIpc) is 2.76. The molecule has 8 heteroatoms. The van der Waals surface area contributed by atoms with Gasteiger partial charge in [0.15, 0.2) is 11.6 Å². The Kier molecular flexibility index (Phi) is 8.66. The third kappa shape index (κ3) is 6.64. The Bertz CT molecular complexity index is 844. The van der Waals surface area contributed by atoms with Gasteiger partial charge in [0.05, 0.1) is 6.61 Å². The number of aliphatic hydroxyl groups excluding tert-OH is 1. The fraction of sp³-hybridized carbons (Fsp3) is 0.435. The van der Waals surface area contributed by atoms with Crippen LogP contribution in [0.3, 0.4) is 0 Å². The Morgan fingerprint density at radius 2 is 1.81 bits per heavy atom. The van der Waals surface area contributed by atoms with Crippen molar-refractivity contribution >= 4 is 17.6 Å². The molecule has 168 valence electrons. The van der Waals surface area contributed by atoms with Gasteiger partial charge in [-0.1, -0.05) is 35.9 Å². The quantitative estimate of drug-likeness (QED) is 0.592. The molecule has 31 heavy (non-hydrogen) atoms.